The van der Waals surface area contributed by atoms with E-state index >= 15 is 0 Å². The molecule has 0 amide bonds. The number of hydrogen-bond acceptors (Lipinski definition) is 3. The zero-order valence-electron chi connectivity index (χ0n) is 11.8. The van der Waals surface area contributed by atoms with Gasteiger partial charge in [-0.25, -0.2) is 4.39 Å². The van der Waals surface area contributed by atoms with Gasteiger partial charge in [0.2, 0.25) is 0 Å². The van der Waals surface area contributed by atoms with E-state index < -0.39 is 11.5 Å². The molecule has 5 heteroatoms. The minimum Gasteiger partial charge on any atom is -0.490 e. The number of benzene rings is 1. The van der Waals surface area contributed by atoms with Crippen LogP contribution in [-0.2, 0) is 4.79 Å². The van der Waals surface area contributed by atoms with Crippen molar-refractivity contribution in [2.24, 2.45) is 0 Å². The summed E-state index contributed by atoms with van der Waals surface area (Å²) in [5, 5.41) is 12.4. The van der Waals surface area contributed by atoms with Gasteiger partial charge in [-0.1, -0.05) is 6.92 Å². The van der Waals surface area contributed by atoms with E-state index in [1.807, 2.05) is 6.92 Å². The second-order valence-electron chi connectivity index (χ2n) is 5.31. The number of aryl methyl sites for hydroxylation is 1. The van der Waals surface area contributed by atoms with Gasteiger partial charge in [-0.05, 0) is 50.1 Å². The molecule has 0 aromatic heterocycles. The van der Waals surface area contributed by atoms with E-state index in [2.05, 4.69) is 5.32 Å². The van der Waals surface area contributed by atoms with Gasteiger partial charge in [0, 0.05) is 6.42 Å². The Bertz CT molecular complexity index is 506. The van der Waals surface area contributed by atoms with Gasteiger partial charge in [0.15, 0.2) is 0 Å². The number of carboxylic acids is 1. The number of carboxylic acid groups (broad SMARTS) is 1. The van der Waals surface area contributed by atoms with Gasteiger partial charge in [-0.2, -0.15) is 0 Å². The number of ether oxygens (including phenoxy) is 1. The van der Waals surface area contributed by atoms with E-state index in [9.17, 15) is 14.3 Å². The molecule has 2 unspecified atom stereocenters. The smallest absolute Gasteiger partial charge is 0.324 e. The van der Waals surface area contributed by atoms with Crippen molar-refractivity contribution in [1.82, 2.24) is 5.32 Å². The summed E-state index contributed by atoms with van der Waals surface area (Å²) >= 11 is 0. The van der Waals surface area contributed by atoms with Crippen molar-refractivity contribution >= 4 is 5.97 Å². The van der Waals surface area contributed by atoms with Crippen LogP contribution in [0.3, 0.4) is 0 Å². The molecule has 1 aliphatic rings. The molecule has 0 radical (unpaired) electrons. The number of hydrogen-bond donors (Lipinski definition) is 2. The van der Waals surface area contributed by atoms with Crippen LogP contribution in [0.25, 0.3) is 0 Å². The molecule has 1 fully saturated rings. The average Bonchev–Trinajstić information content (AvgIpc) is 2.79. The summed E-state index contributed by atoms with van der Waals surface area (Å²) < 4.78 is 19.0. The Hall–Kier alpha value is -1.62. The van der Waals surface area contributed by atoms with E-state index in [4.69, 9.17) is 4.74 Å². The largest absolute Gasteiger partial charge is 0.490 e. The van der Waals surface area contributed by atoms with Crippen LogP contribution in [0.5, 0.6) is 5.75 Å². The Labute approximate surface area is 117 Å². The lowest BCUT2D eigenvalue weighted by Crippen LogP contribution is -2.50. The Morgan fingerprint density at radius 1 is 1.60 bits per heavy atom. The minimum atomic E-state index is -0.894. The first-order valence-electron chi connectivity index (χ1n) is 6.88. The quantitative estimate of drug-likeness (QED) is 0.870. The maximum atomic E-state index is 13.2. The highest BCUT2D eigenvalue weighted by Crippen LogP contribution is 2.33. The summed E-state index contributed by atoms with van der Waals surface area (Å²) in [5.41, 5.74) is -0.370. The lowest BCUT2D eigenvalue weighted by Gasteiger charge is -2.25. The van der Waals surface area contributed by atoms with E-state index in [1.54, 1.807) is 19.1 Å². The predicted molar refractivity (Wildman–Crippen MR) is 73.4 cm³/mol. The molecule has 1 aromatic rings. The van der Waals surface area contributed by atoms with Crippen molar-refractivity contribution in [3.05, 3.63) is 29.6 Å². The third-order valence-electron chi connectivity index (χ3n) is 3.83. The molecule has 0 heterocycles. The molecular weight excluding hydrogens is 261 g/mol. The van der Waals surface area contributed by atoms with Crippen molar-refractivity contribution in [1.29, 1.82) is 0 Å². The van der Waals surface area contributed by atoms with Crippen LogP contribution in [0.1, 0.15) is 31.7 Å². The van der Waals surface area contributed by atoms with E-state index in [0.717, 1.165) is 0 Å². The number of carbonyl (C=O) groups is 1. The fraction of sp³-hybridized carbons (Fsp3) is 0.533. The second kappa shape index (κ2) is 5.79. The van der Waals surface area contributed by atoms with Crippen LogP contribution in [0.15, 0.2) is 18.2 Å². The van der Waals surface area contributed by atoms with Gasteiger partial charge in [0.05, 0.1) is 0 Å². The molecule has 0 saturated heterocycles. The SMILES string of the molecule is CCNC1(C(=O)O)CCC(Oc2ccc(F)c(C)c2)C1. The minimum absolute atomic E-state index is 0.157. The molecular formula is C15H20FNO3. The fourth-order valence-corrected chi connectivity index (χ4v) is 2.75. The number of rotatable bonds is 5. The van der Waals surface area contributed by atoms with E-state index in [1.165, 1.54) is 6.07 Å². The van der Waals surface area contributed by atoms with Crippen molar-refractivity contribution in [3.63, 3.8) is 0 Å². The van der Waals surface area contributed by atoms with Crippen LogP contribution < -0.4 is 10.1 Å². The Balaban J connectivity index is 2.05. The molecule has 0 aliphatic heterocycles. The number of halogens is 1. The number of likely N-dealkylation sites (N-methyl/N-ethyl adjacent to an activating group) is 1. The first kappa shape index (κ1) is 14.8. The molecule has 2 atom stereocenters. The highest BCUT2D eigenvalue weighted by atomic mass is 19.1. The molecule has 1 saturated carbocycles. The third-order valence-corrected chi connectivity index (χ3v) is 3.83. The molecule has 0 bridgehead atoms. The molecule has 110 valence electrons. The normalized spacial score (nSPS) is 25.6. The Morgan fingerprint density at radius 2 is 2.35 bits per heavy atom. The van der Waals surface area contributed by atoms with E-state index in [0.29, 0.717) is 37.1 Å². The van der Waals surface area contributed by atoms with Crippen LogP contribution in [0.4, 0.5) is 4.39 Å². The van der Waals surface area contributed by atoms with Gasteiger partial charge in [-0.3, -0.25) is 4.79 Å². The molecule has 4 nitrogen and oxygen atoms in total. The summed E-state index contributed by atoms with van der Waals surface area (Å²) in [6.45, 7) is 4.17. The maximum Gasteiger partial charge on any atom is 0.324 e. The van der Waals surface area contributed by atoms with Crippen molar-refractivity contribution in [2.75, 3.05) is 6.54 Å². The van der Waals surface area contributed by atoms with Crippen LogP contribution in [-0.4, -0.2) is 29.3 Å². The van der Waals surface area contributed by atoms with Gasteiger partial charge < -0.3 is 15.2 Å². The summed E-state index contributed by atoms with van der Waals surface area (Å²) in [4.78, 5) is 11.4. The second-order valence-corrected chi connectivity index (χ2v) is 5.31. The fourth-order valence-electron chi connectivity index (χ4n) is 2.75. The maximum absolute atomic E-state index is 13.2. The Morgan fingerprint density at radius 3 is 2.95 bits per heavy atom. The lowest BCUT2D eigenvalue weighted by atomic mass is 9.98. The van der Waals surface area contributed by atoms with Crippen molar-refractivity contribution in [3.8, 4) is 5.75 Å². The summed E-state index contributed by atoms with van der Waals surface area (Å²) in [6, 6.07) is 4.59. The molecule has 2 N–H and O–H groups in total. The predicted octanol–water partition coefficient (Wildman–Crippen LogP) is 2.50. The van der Waals surface area contributed by atoms with Gasteiger partial charge in [-0.15, -0.1) is 0 Å². The van der Waals surface area contributed by atoms with Gasteiger partial charge >= 0.3 is 5.97 Å². The standard InChI is InChI=1S/C15H20FNO3/c1-3-17-15(14(18)19)7-6-12(9-15)20-11-4-5-13(16)10(2)8-11/h4-5,8,12,17H,3,6-7,9H2,1-2H3,(H,18,19). The first-order valence-corrected chi connectivity index (χ1v) is 6.88. The first-order chi connectivity index (χ1) is 9.47. The Kier molecular flexibility index (Phi) is 4.28. The molecule has 20 heavy (non-hydrogen) atoms. The molecule has 1 aromatic carbocycles. The van der Waals surface area contributed by atoms with Crippen LogP contribution in [0, 0.1) is 12.7 Å². The third kappa shape index (κ3) is 2.93. The topological polar surface area (TPSA) is 58.6 Å². The van der Waals surface area contributed by atoms with Gasteiger partial charge in [0.25, 0.3) is 0 Å². The zero-order valence-corrected chi connectivity index (χ0v) is 11.8. The highest BCUT2D eigenvalue weighted by molar-refractivity contribution is 5.79. The van der Waals surface area contributed by atoms with Crippen LogP contribution in [0.2, 0.25) is 0 Å². The molecule has 2 rings (SSSR count). The zero-order chi connectivity index (χ0) is 14.8. The van der Waals surface area contributed by atoms with E-state index in [-0.39, 0.29) is 11.9 Å². The summed E-state index contributed by atoms with van der Waals surface area (Å²) in [6.07, 6.45) is 1.48. The van der Waals surface area contributed by atoms with Crippen LogP contribution >= 0.6 is 0 Å². The molecule has 1 aliphatic carbocycles. The monoisotopic (exact) mass is 281 g/mol. The number of nitrogens with one attached hydrogen (secondary N) is 1. The van der Waals surface area contributed by atoms with Crippen molar-refractivity contribution < 1.29 is 19.0 Å². The summed E-state index contributed by atoms with van der Waals surface area (Å²) in [7, 11) is 0. The van der Waals surface area contributed by atoms with Crippen molar-refractivity contribution in [2.45, 2.75) is 44.8 Å². The summed E-state index contributed by atoms with van der Waals surface area (Å²) in [5.74, 6) is -0.511. The highest BCUT2D eigenvalue weighted by Gasteiger charge is 2.45. The molecule has 0 spiro atoms. The average molecular weight is 281 g/mol. The lowest BCUT2D eigenvalue weighted by molar-refractivity contribution is -0.144. The van der Waals surface area contributed by atoms with Gasteiger partial charge in [0.1, 0.15) is 23.2 Å². The number of aliphatic carboxylic acids is 1.